The Morgan fingerprint density at radius 2 is 2.15 bits per heavy atom. The molecule has 0 saturated heterocycles. The summed E-state index contributed by atoms with van der Waals surface area (Å²) in [6.07, 6.45) is 0. The second kappa shape index (κ2) is 4.99. The molecule has 3 N–H and O–H groups in total. The average Bonchev–Trinajstić information content (AvgIpc) is 2.93. The zero-order chi connectivity index (χ0) is 14.3. The van der Waals surface area contributed by atoms with Crippen molar-refractivity contribution in [1.82, 2.24) is 15.0 Å². The minimum absolute atomic E-state index is 0.384. The van der Waals surface area contributed by atoms with Crippen LogP contribution in [0.3, 0.4) is 0 Å². The van der Waals surface area contributed by atoms with Crippen molar-refractivity contribution >= 4 is 38.9 Å². The van der Waals surface area contributed by atoms with Gasteiger partial charge >= 0.3 is 0 Å². The van der Waals surface area contributed by atoms with Gasteiger partial charge in [0, 0.05) is 10.6 Å². The van der Waals surface area contributed by atoms with E-state index in [0.717, 1.165) is 26.6 Å². The minimum Gasteiger partial charge on any atom is -0.399 e. The Labute approximate surface area is 122 Å². The normalized spacial score (nSPS) is 12.9. The number of benzene rings is 1. The highest BCUT2D eigenvalue weighted by Crippen LogP contribution is 2.21. The zero-order valence-electron chi connectivity index (χ0n) is 11.1. The largest absolute Gasteiger partial charge is 0.399 e. The Morgan fingerprint density at radius 1 is 1.35 bits per heavy atom. The fraction of sp³-hybridized carbons (Fsp3) is 0.231. The number of nitrogens with one attached hydrogen (secondary N) is 1. The first-order valence-electron chi connectivity index (χ1n) is 6.09. The van der Waals surface area contributed by atoms with Gasteiger partial charge < -0.3 is 10.7 Å². The monoisotopic (exact) mass is 306 g/mol. The number of hydrogen-bond acceptors (Lipinski definition) is 5. The van der Waals surface area contributed by atoms with E-state index in [1.54, 1.807) is 23.5 Å². The highest BCUT2D eigenvalue weighted by atomic mass is 32.2. The second-order valence-electron chi connectivity index (χ2n) is 4.56. The van der Waals surface area contributed by atoms with Gasteiger partial charge in [0.2, 0.25) is 0 Å². The lowest BCUT2D eigenvalue weighted by atomic mass is 10.3. The Hall–Kier alpha value is -1.73. The van der Waals surface area contributed by atoms with Gasteiger partial charge in [0.05, 0.1) is 33.3 Å². The average molecular weight is 306 g/mol. The number of rotatable bonds is 3. The number of H-pyrrole nitrogens is 1. The van der Waals surface area contributed by atoms with E-state index in [1.807, 2.05) is 19.9 Å². The summed E-state index contributed by atoms with van der Waals surface area (Å²) in [5, 5.41) is 1.34. The van der Waals surface area contributed by atoms with E-state index in [2.05, 4.69) is 15.0 Å². The topological polar surface area (TPSA) is 84.7 Å². The van der Waals surface area contributed by atoms with Gasteiger partial charge in [0.25, 0.3) is 0 Å². The molecular weight excluding hydrogens is 292 g/mol. The van der Waals surface area contributed by atoms with E-state index in [9.17, 15) is 4.21 Å². The molecule has 0 saturated carbocycles. The molecule has 0 spiro atoms. The van der Waals surface area contributed by atoms with Gasteiger partial charge in [-0.1, -0.05) is 0 Å². The predicted molar refractivity (Wildman–Crippen MR) is 82.2 cm³/mol. The molecule has 2 heterocycles. The summed E-state index contributed by atoms with van der Waals surface area (Å²) < 4.78 is 12.3. The molecule has 1 aromatic carbocycles. The SMILES string of the molecule is Cc1nc(CS(=O)c2nc3ccc(N)cc3[nH]2)sc1C. The first kappa shape index (κ1) is 13.3. The molecule has 2 aromatic heterocycles. The summed E-state index contributed by atoms with van der Waals surface area (Å²) in [4.78, 5) is 13.0. The third kappa shape index (κ3) is 2.46. The van der Waals surface area contributed by atoms with Gasteiger partial charge in [-0.2, -0.15) is 0 Å². The molecule has 1 unspecified atom stereocenters. The van der Waals surface area contributed by atoms with Crippen molar-refractivity contribution in [1.29, 1.82) is 0 Å². The first-order chi connectivity index (χ1) is 9.52. The van der Waals surface area contributed by atoms with Crippen LogP contribution in [-0.2, 0) is 16.6 Å². The fourth-order valence-electron chi connectivity index (χ4n) is 1.89. The van der Waals surface area contributed by atoms with Crippen LogP contribution in [0.1, 0.15) is 15.6 Å². The van der Waals surface area contributed by atoms with Crippen LogP contribution in [0, 0.1) is 13.8 Å². The summed E-state index contributed by atoms with van der Waals surface area (Å²) in [6.45, 7) is 3.98. The number of fused-ring (bicyclic) bond motifs is 1. The van der Waals surface area contributed by atoms with E-state index in [-0.39, 0.29) is 0 Å². The third-order valence-corrected chi connectivity index (χ3v) is 5.44. The van der Waals surface area contributed by atoms with Crippen LogP contribution in [0.2, 0.25) is 0 Å². The summed E-state index contributed by atoms with van der Waals surface area (Å²) in [7, 11) is -1.23. The number of nitrogens with zero attached hydrogens (tertiary/aromatic N) is 2. The van der Waals surface area contributed by atoms with E-state index in [1.165, 1.54) is 0 Å². The molecule has 0 bridgehead atoms. The number of nitrogens with two attached hydrogens (primary N) is 1. The quantitative estimate of drug-likeness (QED) is 0.728. The standard InChI is InChI=1S/C13H14N4OS2/c1-7-8(2)19-12(15-7)6-20(18)13-16-10-4-3-9(14)5-11(10)17-13/h3-5H,6,14H2,1-2H3,(H,16,17). The minimum atomic E-state index is -1.23. The van der Waals surface area contributed by atoms with Crippen molar-refractivity contribution in [2.75, 3.05) is 5.73 Å². The van der Waals surface area contributed by atoms with Crippen molar-refractivity contribution in [2.45, 2.75) is 24.8 Å². The molecule has 1 atom stereocenters. The van der Waals surface area contributed by atoms with Crippen LogP contribution in [-0.4, -0.2) is 19.2 Å². The van der Waals surface area contributed by atoms with Gasteiger partial charge in [-0.3, -0.25) is 4.21 Å². The van der Waals surface area contributed by atoms with E-state index >= 15 is 0 Å². The summed E-state index contributed by atoms with van der Waals surface area (Å²) in [5.74, 6) is 0.384. The maximum absolute atomic E-state index is 12.3. The molecule has 20 heavy (non-hydrogen) atoms. The van der Waals surface area contributed by atoms with E-state index in [4.69, 9.17) is 5.73 Å². The van der Waals surface area contributed by atoms with Crippen LogP contribution in [0.5, 0.6) is 0 Å². The Morgan fingerprint density at radius 3 is 2.85 bits per heavy atom. The molecular formula is C13H14N4OS2. The van der Waals surface area contributed by atoms with Crippen molar-refractivity contribution in [3.8, 4) is 0 Å². The van der Waals surface area contributed by atoms with Crippen LogP contribution >= 0.6 is 11.3 Å². The Kier molecular flexibility index (Phi) is 3.31. The molecule has 5 nitrogen and oxygen atoms in total. The molecule has 0 amide bonds. The number of aryl methyl sites for hydroxylation is 2. The number of hydrogen-bond donors (Lipinski definition) is 2. The van der Waals surface area contributed by atoms with E-state index < -0.39 is 10.8 Å². The van der Waals surface area contributed by atoms with Crippen LogP contribution < -0.4 is 5.73 Å². The van der Waals surface area contributed by atoms with E-state index in [0.29, 0.717) is 16.6 Å². The molecule has 3 aromatic rings. The fourth-order valence-corrected chi connectivity index (χ4v) is 4.03. The van der Waals surface area contributed by atoms with Crippen LogP contribution in [0.4, 0.5) is 5.69 Å². The van der Waals surface area contributed by atoms with Crippen LogP contribution in [0.15, 0.2) is 23.4 Å². The highest BCUT2D eigenvalue weighted by molar-refractivity contribution is 7.84. The first-order valence-corrected chi connectivity index (χ1v) is 8.23. The summed E-state index contributed by atoms with van der Waals surface area (Å²) in [5.41, 5.74) is 8.95. The van der Waals surface area contributed by atoms with Crippen molar-refractivity contribution in [3.63, 3.8) is 0 Å². The van der Waals surface area contributed by atoms with Gasteiger partial charge in [-0.15, -0.1) is 11.3 Å². The molecule has 0 aliphatic carbocycles. The summed E-state index contributed by atoms with van der Waals surface area (Å²) in [6, 6.07) is 5.39. The maximum Gasteiger partial charge on any atom is 0.197 e. The number of aromatic amines is 1. The molecule has 0 aliphatic rings. The third-order valence-electron chi connectivity index (χ3n) is 3.03. The lowest BCUT2D eigenvalue weighted by molar-refractivity contribution is 0.677. The van der Waals surface area contributed by atoms with Crippen molar-refractivity contribution < 1.29 is 4.21 Å². The van der Waals surface area contributed by atoms with Gasteiger partial charge in [0.1, 0.15) is 5.01 Å². The van der Waals surface area contributed by atoms with Gasteiger partial charge in [-0.05, 0) is 32.0 Å². The number of anilines is 1. The van der Waals surface area contributed by atoms with Crippen molar-refractivity contribution in [3.05, 3.63) is 33.8 Å². The van der Waals surface area contributed by atoms with Crippen LogP contribution in [0.25, 0.3) is 11.0 Å². The molecule has 7 heteroatoms. The van der Waals surface area contributed by atoms with Gasteiger partial charge in [-0.25, -0.2) is 9.97 Å². The summed E-state index contributed by atoms with van der Waals surface area (Å²) >= 11 is 1.58. The lowest BCUT2D eigenvalue weighted by Gasteiger charge is -1.94. The predicted octanol–water partition coefficient (Wildman–Crippen LogP) is 2.53. The number of thiazole rings is 1. The Balaban J connectivity index is 1.88. The number of nitrogen functional groups attached to an aromatic ring is 1. The van der Waals surface area contributed by atoms with Crippen molar-refractivity contribution in [2.24, 2.45) is 0 Å². The molecule has 104 valence electrons. The van der Waals surface area contributed by atoms with Gasteiger partial charge in [0.15, 0.2) is 5.16 Å². The molecule has 0 radical (unpaired) electrons. The number of imidazole rings is 1. The number of aromatic nitrogens is 3. The molecule has 0 fully saturated rings. The zero-order valence-corrected chi connectivity index (χ0v) is 12.8. The lowest BCUT2D eigenvalue weighted by Crippen LogP contribution is -1.98. The second-order valence-corrected chi connectivity index (χ2v) is 7.21. The Bertz CT molecular complexity index is 786. The smallest absolute Gasteiger partial charge is 0.197 e. The maximum atomic E-state index is 12.3. The molecule has 3 rings (SSSR count). The molecule has 0 aliphatic heterocycles. The highest BCUT2D eigenvalue weighted by Gasteiger charge is 2.13.